The zero-order chi connectivity index (χ0) is 12.8. The van der Waals surface area contributed by atoms with E-state index in [0.29, 0.717) is 18.5 Å². The molecular weight excluding hydrogens is 242 g/mol. The Kier molecular flexibility index (Phi) is 2.25. The summed E-state index contributed by atoms with van der Waals surface area (Å²) in [6.07, 6.45) is 1.49. The van der Waals surface area contributed by atoms with E-state index in [1.54, 1.807) is 0 Å². The average molecular weight is 257 g/mol. The lowest BCUT2D eigenvalue weighted by Crippen LogP contribution is -2.55. The van der Waals surface area contributed by atoms with Crippen molar-refractivity contribution in [2.24, 2.45) is 0 Å². The van der Waals surface area contributed by atoms with Gasteiger partial charge < -0.3 is 20.7 Å². The predicted molar refractivity (Wildman–Crippen MR) is 73.4 cm³/mol. The molecular formula is C13H15N5O. The fourth-order valence-corrected chi connectivity index (χ4v) is 2.85. The Morgan fingerprint density at radius 1 is 1.37 bits per heavy atom. The Morgan fingerprint density at radius 3 is 3.26 bits per heavy atom. The van der Waals surface area contributed by atoms with Crippen LogP contribution in [0, 0.1) is 0 Å². The lowest BCUT2D eigenvalue weighted by Gasteiger charge is -2.42. The summed E-state index contributed by atoms with van der Waals surface area (Å²) < 4.78 is 5.86. The molecule has 19 heavy (non-hydrogen) atoms. The van der Waals surface area contributed by atoms with Crippen molar-refractivity contribution in [2.75, 3.05) is 36.9 Å². The molecule has 0 amide bonds. The summed E-state index contributed by atoms with van der Waals surface area (Å²) in [5.41, 5.74) is 7.87. The SMILES string of the molecule is Nc1ncnc2cc3c(cc12)N1CCNCC1CO3. The van der Waals surface area contributed by atoms with Crippen LogP contribution in [0.5, 0.6) is 5.75 Å². The third-order valence-electron chi connectivity index (χ3n) is 3.84. The van der Waals surface area contributed by atoms with Gasteiger partial charge in [-0.2, -0.15) is 0 Å². The van der Waals surface area contributed by atoms with Crippen LogP contribution in [0.2, 0.25) is 0 Å². The summed E-state index contributed by atoms with van der Waals surface area (Å²) in [7, 11) is 0. The van der Waals surface area contributed by atoms with Gasteiger partial charge in [0, 0.05) is 31.1 Å². The summed E-state index contributed by atoms with van der Waals surface area (Å²) in [5, 5.41) is 4.28. The van der Waals surface area contributed by atoms with Gasteiger partial charge in [0.05, 0.1) is 17.2 Å². The van der Waals surface area contributed by atoms with Crippen molar-refractivity contribution in [2.45, 2.75) is 6.04 Å². The number of nitrogens with one attached hydrogen (secondary N) is 1. The Balaban J connectivity index is 1.90. The smallest absolute Gasteiger partial charge is 0.144 e. The highest BCUT2D eigenvalue weighted by Gasteiger charge is 2.30. The van der Waals surface area contributed by atoms with Crippen LogP contribution < -0.4 is 20.7 Å². The minimum Gasteiger partial charge on any atom is -0.489 e. The number of hydrogen-bond acceptors (Lipinski definition) is 6. The van der Waals surface area contributed by atoms with Crippen LogP contribution in [0.25, 0.3) is 10.9 Å². The molecule has 98 valence electrons. The van der Waals surface area contributed by atoms with Crippen LogP contribution >= 0.6 is 0 Å². The molecule has 2 aliphatic heterocycles. The molecule has 1 saturated heterocycles. The van der Waals surface area contributed by atoms with Gasteiger partial charge in [-0.15, -0.1) is 0 Å². The molecule has 0 bridgehead atoms. The molecule has 6 nitrogen and oxygen atoms in total. The average Bonchev–Trinajstić information content (AvgIpc) is 2.46. The van der Waals surface area contributed by atoms with E-state index < -0.39 is 0 Å². The highest BCUT2D eigenvalue weighted by atomic mass is 16.5. The van der Waals surface area contributed by atoms with E-state index in [1.165, 1.54) is 6.33 Å². The van der Waals surface area contributed by atoms with Gasteiger partial charge in [-0.1, -0.05) is 0 Å². The summed E-state index contributed by atoms with van der Waals surface area (Å²) in [4.78, 5) is 10.7. The van der Waals surface area contributed by atoms with E-state index in [1.807, 2.05) is 6.07 Å². The molecule has 0 radical (unpaired) electrons. The fraction of sp³-hybridized carbons (Fsp3) is 0.385. The van der Waals surface area contributed by atoms with E-state index in [9.17, 15) is 0 Å². The van der Waals surface area contributed by atoms with Crippen LogP contribution in [0.1, 0.15) is 0 Å². The number of ether oxygens (including phenoxy) is 1. The summed E-state index contributed by atoms with van der Waals surface area (Å²) in [6.45, 7) is 3.65. The minimum absolute atomic E-state index is 0.393. The highest BCUT2D eigenvalue weighted by Crippen LogP contribution is 2.38. The second kappa shape index (κ2) is 3.96. The molecule has 3 heterocycles. The summed E-state index contributed by atoms with van der Waals surface area (Å²) >= 11 is 0. The zero-order valence-electron chi connectivity index (χ0n) is 10.5. The number of anilines is 2. The number of piperazine rings is 1. The fourth-order valence-electron chi connectivity index (χ4n) is 2.85. The van der Waals surface area contributed by atoms with Gasteiger partial charge >= 0.3 is 0 Å². The van der Waals surface area contributed by atoms with Crippen molar-refractivity contribution < 1.29 is 4.74 Å². The zero-order valence-corrected chi connectivity index (χ0v) is 10.5. The van der Waals surface area contributed by atoms with Gasteiger partial charge in [-0.05, 0) is 6.07 Å². The van der Waals surface area contributed by atoms with E-state index >= 15 is 0 Å². The Labute approximate surface area is 110 Å². The van der Waals surface area contributed by atoms with E-state index in [4.69, 9.17) is 10.5 Å². The van der Waals surface area contributed by atoms with Crippen molar-refractivity contribution in [3.05, 3.63) is 18.5 Å². The number of nitrogen functional groups attached to an aromatic ring is 1. The molecule has 0 aliphatic carbocycles. The van der Waals surface area contributed by atoms with Gasteiger partial charge in [-0.25, -0.2) is 9.97 Å². The highest BCUT2D eigenvalue weighted by molar-refractivity contribution is 5.93. The Bertz CT molecular complexity index is 644. The van der Waals surface area contributed by atoms with Crippen LogP contribution in [0.15, 0.2) is 18.5 Å². The quantitative estimate of drug-likeness (QED) is 0.710. The topological polar surface area (TPSA) is 76.3 Å². The third-order valence-corrected chi connectivity index (χ3v) is 3.84. The maximum absolute atomic E-state index is 5.93. The first kappa shape index (κ1) is 10.8. The molecule has 1 atom stereocenters. The van der Waals surface area contributed by atoms with Gasteiger partial charge in [0.15, 0.2) is 0 Å². The third kappa shape index (κ3) is 1.60. The van der Waals surface area contributed by atoms with Crippen LogP contribution in [0.3, 0.4) is 0 Å². The molecule has 2 aromatic rings. The van der Waals surface area contributed by atoms with Gasteiger partial charge in [0.2, 0.25) is 0 Å². The maximum Gasteiger partial charge on any atom is 0.144 e. The van der Waals surface area contributed by atoms with E-state index in [0.717, 1.165) is 42.0 Å². The molecule has 1 fully saturated rings. The molecule has 3 N–H and O–H groups in total. The molecule has 0 spiro atoms. The van der Waals surface area contributed by atoms with E-state index in [2.05, 4.69) is 26.3 Å². The summed E-state index contributed by atoms with van der Waals surface area (Å²) in [5.74, 6) is 1.41. The standard InChI is InChI=1S/C13H15N5O/c14-13-9-3-11-12(4-10(9)16-7-17-13)19-6-8-5-15-1-2-18(8)11/h3-4,7-8,15H,1-2,5-6H2,(H2,14,16,17). The Hall–Kier alpha value is -2.08. The molecule has 4 rings (SSSR count). The van der Waals surface area contributed by atoms with Crippen LogP contribution in [0.4, 0.5) is 11.5 Å². The molecule has 2 aliphatic rings. The maximum atomic E-state index is 5.93. The molecule has 6 heteroatoms. The molecule has 1 aromatic carbocycles. The van der Waals surface area contributed by atoms with Gasteiger partial charge in [0.1, 0.15) is 24.5 Å². The second-order valence-electron chi connectivity index (χ2n) is 4.96. The number of rotatable bonds is 0. The molecule has 1 unspecified atom stereocenters. The number of aromatic nitrogens is 2. The lowest BCUT2D eigenvalue weighted by atomic mass is 10.1. The molecule has 0 saturated carbocycles. The first-order valence-corrected chi connectivity index (χ1v) is 6.47. The number of nitrogens with zero attached hydrogens (tertiary/aromatic N) is 3. The van der Waals surface area contributed by atoms with Crippen molar-refractivity contribution in [1.29, 1.82) is 0 Å². The van der Waals surface area contributed by atoms with Gasteiger partial charge in [-0.3, -0.25) is 0 Å². The van der Waals surface area contributed by atoms with Crippen molar-refractivity contribution in [3.8, 4) is 5.75 Å². The van der Waals surface area contributed by atoms with Crippen molar-refractivity contribution >= 4 is 22.4 Å². The number of hydrogen-bond donors (Lipinski definition) is 2. The predicted octanol–water partition coefficient (Wildman–Crippen LogP) is 0.383. The van der Waals surface area contributed by atoms with Crippen molar-refractivity contribution in [3.63, 3.8) is 0 Å². The summed E-state index contributed by atoms with van der Waals surface area (Å²) in [6, 6.07) is 4.41. The Morgan fingerprint density at radius 2 is 2.32 bits per heavy atom. The second-order valence-corrected chi connectivity index (χ2v) is 4.96. The largest absolute Gasteiger partial charge is 0.489 e. The van der Waals surface area contributed by atoms with E-state index in [-0.39, 0.29) is 0 Å². The number of benzene rings is 1. The first-order valence-electron chi connectivity index (χ1n) is 6.47. The van der Waals surface area contributed by atoms with Crippen LogP contribution in [-0.4, -0.2) is 42.3 Å². The minimum atomic E-state index is 0.393. The van der Waals surface area contributed by atoms with Crippen LogP contribution in [-0.2, 0) is 0 Å². The number of nitrogens with two attached hydrogens (primary N) is 1. The van der Waals surface area contributed by atoms with Crippen molar-refractivity contribution in [1.82, 2.24) is 15.3 Å². The lowest BCUT2D eigenvalue weighted by molar-refractivity contribution is 0.247. The molecule has 1 aromatic heterocycles. The normalized spacial score (nSPS) is 21.7. The number of fused-ring (bicyclic) bond motifs is 4. The monoisotopic (exact) mass is 257 g/mol. The first-order chi connectivity index (χ1) is 9.33. The van der Waals surface area contributed by atoms with Gasteiger partial charge in [0.25, 0.3) is 0 Å².